The third kappa shape index (κ3) is 6.60. The molecule has 0 amide bonds. The first kappa shape index (κ1) is 27.3. The fourth-order valence-electron chi connectivity index (χ4n) is 4.40. The van der Waals surface area contributed by atoms with Crippen molar-refractivity contribution in [1.82, 2.24) is 19.9 Å². The van der Waals surface area contributed by atoms with Crippen molar-refractivity contribution in [1.29, 1.82) is 0 Å². The smallest absolute Gasteiger partial charge is 0.353 e. The first-order valence-corrected chi connectivity index (χ1v) is 14.0. The van der Waals surface area contributed by atoms with Gasteiger partial charge in [0.25, 0.3) is 0 Å². The number of halogens is 4. The van der Waals surface area contributed by atoms with E-state index in [2.05, 4.69) is 58.5 Å². The molecule has 198 valence electrons. The summed E-state index contributed by atoms with van der Waals surface area (Å²) in [5.74, 6) is 1.76. The molecule has 0 aliphatic carbocycles. The minimum atomic E-state index is -4.45. The number of alkyl halides is 4. The van der Waals surface area contributed by atoms with Gasteiger partial charge in [0.05, 0.1) is 5.56 Å². The lowest BCUT2D eigenvalue weighted by molar-refractivity contribution is -0.137. The third-order valence-corrected chi connectivity index (χ3v) is 7.06. The molecule has 0 unspecified atom stereocenters. The third-order valence-electron chi connectivity index (χ3n) is 6.18. The van der Waals surface area contributed by atoms with Gasteiger partial charge in [-0.25, -0.2) is 4.98 Å². The first-order chi connectivity index (χ1) is 17.8. The normalized spacial score (nSPS) is 14.2. The van der Waals surface area contributed by atoms with Crippen LogP contribution < -0.4 is 14.7 Å². The lowest BCUT2D eigenvalue weighted by Gasteiger charge is -2.36. The SMILES string of the molecule is CCCN(CCC)c1nc(-c2cccc(CI)c2)nc(N2CCN(c3ncccc3C(F)(F)F)CC2)n1. The van der Waals surface area contributed by atoms with Crippen LogP contribution in [-0.2, 0) is 10.6 Å². The molecule has 1 fully saturated rings. The molecule has 1 aromatic carbocycles. The van der Waals surface area contributed by atoms with E-state index in [0.717, 1.165) is 42.0 Å². The van der Waals surface area contributed by atoms with E-state index in [9.17, 15) is 13.2 Å². The van der Waals surface area contributed by atoms with Gasteiger partial charge in [-0.1, -0.05) is 54.6 Å². The molecule has 0 bridgehead atoms. The standard InChI is InChI=1S/C26H31F3IN7/c1-3-11-36(12-4-2)24-32-22(20-8-5-7-19(17-20)18-30)33-25(34-24)37-15-13-35(14-16-37)23-21(26(27,28)29)9-6-10-31-23/h5-10,17H,3-4,11-16,18H2,1-2H3. The van der Waals surface area contributed by atoms with Crippen LogP contribution in [0.1, 0.15) is 37.8 Å². The summed E-state index contributed by atoms with van der Waals surface area (Å²) in [4.78, 5) is 24.4. The average molecular weight is 625 g/mol. The van der Waals surface area contributed by atoms with Gasteiger partial charge in [-0.3, -0.25) is 0 Å². The van der Waals surface area contributed by atoms with Crippen molar-refractivity contribution < 1.29 is 13.2 Å². The minimum absolute atomic E-state index is 0.0284. The molecule has 1 aliphatic rings. The molecule has 0 saturated carbocycles. The van der Waals surface area contributed by atoms with Crippen molar-refractivity contribution in [2.24, 2.45) is 0 Å². The lowest BCUT2D eigenvalue weighted by Crippen LogP contribution is -2.48. The van der Waals surface area contributed by atoms with Gasteiger partial charge in [0.1, 0.15) is 5.82 Å². The Kier molecular flexibility index (Phi) is 9.04. The van der Waals surface area contributed by atoms with Crippen LogP contribution in [0.2, 0.25) is 0 Å². The summed E-state index contributed by atoms with van der Waals surface area (Å²) in [5.41, 5.74) is 1.40. The highest BCUT2D eigenvalue weighted by Crippen LogP contribution is 2.35. The summed E-state index contributed by atoms with van der Waals surface area (Å²) in [5, 5.41) is 0. The van der Waals surface area contributed by atoms with Crippen LogP contribution in [0.5, 0.6) is 0 Å². The molecule has 11 heteroatoms. The van der Waals surface area contributed by atoms with Crippen LogP contribution >= 0.6 is 22.6 Å². The number of benzene rings is 1. The summed E-state index contributed by atoms with van der Waals surface area (Å²) in [6.07, 6.45) is -1.12. The van der Waals surface area contributed by atoms with Gasteiger partial charge in [-0.05, 0) is 36.6 Å². The number of nitrogens with zero attached hydrogens (tertiary/aromatic N) is 7. The van der Waals surface area contributed by atoms with Crippen LogP contribution in [0.3, 0.4) is 0 Å². The maximum atomic E-state index is 13.5. The number of hydrogen-bond acceptors (Lipinski definition) is 7. The van der Waals surface area contributed by atoms with Gasteiger partial charge >= 0.3 is 6.18 Å². The van der Waals surface area contributed by atoms with Gasteiger partial charge in [0.15, 0.2) is 5.82 Å². The molecule has 37 heavy (non-hydrogen) atoms. The molecule has 7 nitrogen and oxygen atoms in total. The maximum absolute atomic E-state index is 13.5. The van der Waals surface area contributed by atoms with Crippen molar-refractivity contribution in [2.45, 2.75) is 37.3 Å². The first-order valence-electron chi connectivity index (χ1n) is 12.5. The maximum Gasteiger partial charge on any atom is 0.419 e. The quantitative estimate of drug-likeness (QED) is 0.219. The highest BCUT2D eigenvalue weighted by Gasteiger charge is 2.36. The van der Waals surface area contributed by atoms with E-state index in [-0.39, 0.29) is 5.82 Å². The second-order valence-corrected chi connectivity index (χ2v) is 9.69. The molecular formula is C26H31F3IN7. The number of pyridine rings is 1. The summed E-state index contributed by atoms with van der Waals surface area (Å²) in [6, 6.07) is 10.6. The lowest BCUT2D eigenvalue weighted by atomic mass is 10.1. The Bertz CT molecular complexity index is 1180. The Hall–Kier alpha value is -2.70. The molecule has 1 aliphatic heterocycles. The fraction of sp³-hybridized carbons (Fsp3) is 0.462. The number of aromatic nitrogens is 4. The van der Waals surface area contributed by atoms with Crippen LogP contribution in [0.4, 0.5) is 30.9 Å². The highest BCUT2D eigenvalue weighted by molar-refractivity contribution is 14.1. The van der Waals surface area contributed by atoms with Crippen LogP contribution in [0, 0.1) is 0 Å². The van der Waals surface area contributed by atoms with E-state index in [0.29, 0.717) is 43.9 Å². The van der Waals surface area contributed by atoms with Crippen molar-refractivity contribution >= 4 is 40.3 Å². The number of hydrogen-bond donors (Lipinski definition) is 0. The summed E-state index contributed by atoms with van der Waals surface area (Å²) in [7, 11) is 0. The van der Waals surface area contributed by atoms with Crippen molar-refractivity contribution in [2.75, 3.05) is 54.0 Å². The molecule has 0 spiro atoms. The molecule has 2 aromatic heterocycles. The largest absolute Gasteiger partial charge is 0.419 e. The number of piperazine rings is 1. The van der Waals surface area contributed by atoms with Crippen LogP contribution in [0.25, 0.3) is 11.4 Å². The predicted molar refractivity (Wildman–Crippen MR) is 149 cm³/mol. The zero-order chi connectivity index (χ0) is 26.4. The fourth-order valence-corrected chi connectivity index (χ4v) is 4.87. The van der Waals surface area contributed by atoms with Gasteiger partial charge < -0.3 is 14.7 Å². The van der Waals surface area contributed by atoms with Gasteiger partial charge in [-0.15, -0.1) is 0 Å². The monoisotopic (exact) mass is 625 g/mol. The van der Waals surface area contributed by atoms with Gasteiger partial charge in [0.2, 0.25) is 11.9 Å². The Morgan fingerprint density at radius 1 is 0.919 bits per heavy atom. The van der Waals surface area contributed by atoms with E-state index < -0.39 is 11.7 Å². The number of anilines is 3. The summed E-state index contributed by atoms with van der Waals surface area (Å²) in [6.45, 7) is 7.64. The zero-order valence-corrected chi connectivity index (χ0v) is 23.2. The average Bonchev–Trinajstić information content (AvgIpc) is 2.92. The highest BCUT2D eigenvalue weighted by atomic mass is 127. The van der Waals surface area contributed by atoms with Crippen molar-refractivity contribution in [3.05, 3.63) is 53.7 Å². The minimum Gasteiger partial charge on any atom is -0.353 e. The molecule has 0 atom stereocenters. The zero-order valence-electron chi connectivity index (χ0n) is 21.0. The van der Waals surface area contributed by atoms with E-state index in [1.165, 1.54) is 17.8 Å². The second kappa shape index (κ2) is 12.2. The van der Waals surface area contributed by atoms with Crippen LogP contribution in [0.15, 0.2) is 42.6 Å². The van der Waals surface area contributed by atoms with Crippen molar-refractivity contribution in [3.8, 4) is 11.4 Å². The van der Waals surface area contributed by atoms with E-state index in [1.54, 1.807) is 4.90 Å². The molecular weight excluding hydrogens is 594 g/mol. The van der Waals surface area contributed by atoms with Gasteiger partial charge in [0, 0.05) is 55.5 Å². The second-order valence-electron chi connectivity index (χ2n) is 8.93. The Morgan fingerprint density at radius 2 is 1.62 bits per heavy atom. The van der Waals surface area contributed by atoms with E-state index in [1.807, 2.05) is 17.0 Å². The van der Waals surface area contributed by atoms with E-state index in [4.69, 9.17) is 15.0 Å². The summed E-state index contributed by atoms with van der Waals surface area (Å²) < 4.78 is 41.5. The molecule has 3 aromatic rings. The molecule has 1 saturated heterocycles. The van der Waals surface area contributed by atoms with Gasteiger partial charge in [-0.2, -0.15) is 28.1 Å². The Balaban J connectivity index is 1.64. The molecule has 4 rings (SSSR count). The Labute approximate surface area is 229 Å². The predicted octanol–water partition coefficient (Wildman–Crippen LogP) is 5.84. The molecule has 3 heterocycles. The molecule has 0 N–H and O–H groups in total. The Morgan fingerprint density at radius 3 is 2.27 bits per heavy atom. The summed E-state index contributed by atoms with van der Waals surface area (Å²) >= 11 is 2.33. The van der Waals surface area contributed by atoms with Crippen LogP contribution in [-0.4, -0.2) is 59.2 Å². The number of rotatable bonds is 9. The molecule has 0 radical (unpaired) electrons. The van der Waals surface area contributed by atoms with Crippen molar-refractivity contribution in [3.63, 3.8) is 0 Å². The topological polar surface area (TPSA) is 61.3 Å². The van der Waals surface area contributed by atoms with E-state index >= 15 is 0 Å².